The van der Waals surface area contributed by atoms with E-state index in [1.54, 1.807) is 0 Å². The van der Waals surface area contributed by atoms with Crippen LogP contribution in [0.3, 0.4) is 0 Å². The molecule has 0 fully saturated rings. The van der Waals surface area contributed by atoms with Crippen molar-refractivity contribution in [3.8, 4) is 0 Å². The molecule has 2 rings (SSSR count). The zero-order valence-corrected chi connectivity index (χ0v) is 14.6. The van der Waals surface area contributed by atoms with Gasteiger partial charge in [0.1, 0.15) is 0 Å². The molecule has 124 valence electrons. The van der Waals surface area contributed by atoms with E-state index in [9.17, 15) is 4.79 Å². The maximum Gasteiger partial charge on any atom is 0.224 e. The standard InChI is InChI=1S/C18H21ClN2O.ClH/c1-13(17(20)15-5-3-2-4-6-15)18(22)21-12-11-14-7-9-16(19)10-8-14;/h2-10,13,17H,11-12,20H2,1H3,(H,21,22);1H. The van der Waals surface area contributed by atoms with Gasteiger partial charge in [0.05, 0.1) is 5.92 Å². The Morgan fingerprint density at radius 1 is 1.13 bits per heavy atom. The first-order valence-corrected chi connectivity index (χ1v) is 7.78. The summed E-state index contributed by atoms with van der Waals surface area (Å²) in [6.07, 6.45) is 0.774. The largest absolute Gasteiger partial charge is 0.355 e. The van der Waals surface area contributed by atoms with Crippen LogP contribution in [0.25, 0.3) is 0 Å². The third-order valence-electron chi connectivity index (χ3n) is 3.76. The minimum Gasteiger partial charge on any atom is -0.355 e. The lowest BCUT2D eigenvalue weighted by atomic mass is 9.94. The van der Waals surface area contributed by atoms with Crippen molar-refractivity contribution in [3.05, 3.63) is 70.7 Å². The Morgan fingerprint density at radius 3 is 2.35 bits per heavy atom. The van der Waals surface area contributed by atoms with Gasteiger partial charge in [0.2, 0.25) is 5.91 Å². The first-order chi connectivity index (χ1) is 10.6. The molecule has 0 aromatic heterocycles. The summed E-state index contributed by atoms with van der Waals surface area (Å²) in [6, 6.07) is 17.0. The number of amides is 1. The van der Waals surface area contributed by atoms with Crippen molar-refractivity contribution in [2.45, 2.75) is 19.4 Å². The molecule has 0 bridgehead atoms. The van der Waals surface area contributed by atoms with Gasteiger partial charge in [-0.15, -0.1) is 12.4 Å². The molecule has 0 saturated heterocycles. The number of halogens is 2. The van der Waals surface area contributed by atoms with Crippen LogP contribution in [0, 0.1) is 5.92 Å². The van der Waals surface area contributed by atoms with Crippen LogP contribution in [-0.2, 0) is 11.2 Å². The summed E-state index contributed by atoms with van der Waals surface area (Å²) < 4.78 is 0. The highest BCUT2D eigenvalue weighted by molar-refractivity contribution is 6.30. The number of carbonyl (C=O) groups excluding carboxylic acids is 1. The van der Waals surface area contributed by atoms with Crippen LogP contribution >= 0.6 is 24.0 Å². The molecule has 0 heterocycles. The van der Waals surface area contributed by atoms with E-state index in [0.717, 1.165) is 22.6 Å². The normalized spacial score (nSPS) is 12.8. The third kappa shape index (κ3) is 5.87. The van der Waals surface area contributed by atoms with Crippen LogP contribution in [0.1, 0.15) is 24.1 Å². The maximum atomic E-state index is 12.2. The molecule has 2 aromatic carbocycles. The van der Waals surface area contributed by atoms with Crippen molar-refractivity contribution in [3.63, 3.8) is 0 Å². The van der Waals surface area contributed by atoms with Crippen LogP contribution in [0.15, 0.2) is 54.6 Å². The molecule has 1 amide bonds. The fraction of sp³-hybridized carbons (Fsp3) is 0.278. The van der Waals surface area contributed by atoms with E-state index in [-0.39, 0.29) is 30.3 Å². The predicted molar refractivity (Wildman–Crippen MR) is 97.9 cm³/mol. The molecule has 5 heteroatoms. The van der Waals surface area contributed by atoms with Gasteiger partial charge in [-0.05, 0) is 29.7 Å². The number of rotatable bonds is 6. The molecular weight excluding hydrogens is 331 g/mol. The third-order valence-corrected chi connectivity index (χ3v) is 4.01. The van der Waals surface area contributed by atoms with E-state index in [1.165, 1.54) is 0 Å². The zero-order valence-electron chi connectivity index (χ0n) is 13.0. The van der Waals surface area contributed by atoms with Gasteiger partial charge in [-0.2, -0.15) is 0 Å². The van der Waals surface area contributed by atoms with E-state index < -0.39 is 0 Å². The Labute approximate surface area is 148 Å². The number of nitrogens with two attached hydrogens (primary N) is 1. The van der Waals surface area contributed by atoms with Gasteiger partial charge in [0.15, 0.2) is 0 Å². The van der Waals surface area contributed by atoms with Crippen LogP contribution < -0.4 is 11.1 Å². The summed E-state index contributed by atoms with van der Waals surface area (Å²) in [6.45, 7) is 2.45. The summed E-state index contributed by atoms with van der Waals surface area (Å²) >= 11 is 5.85. The number of carbonyl (C=O) groups is 1. The molecular formula is C18H22Cl2N2O. The molecule has 0 spiro atoms. The first-order valence-electron chi connectivity index (χ1n) is 7.40. The molecule has 2 atom stereocenters. The summed E-state index contributed by atoms with van der Waals surface area (Å²) in [5.74, 6) is -0.294. The van der Waals surface area contributed by atoms with Crippen LogP contribution in [0.2, 0.25) is 5.02 Å². The lowest BCUT2D eigenvalue weighted by molar-refractivity contribution is -0.125. The minimum absolute atomic E-state index is 0. The molecule has 0 radical (unpaired) electrons. The van der Waals surface area contributed by atoms with E-state index in [4.69, 9.17) is 17.3 Å². The van der Waals surface area contributed by atoms with E-state index in [2.05, 4.69) is 5.32 Å². The van der Waals surface area contributed by atoms with Crippen molar-refractivity contribution in [2.75, 3.05) is 6.54 Å². The molecule has 0 aliphatic carbocycles. The van der Waals surface area contributed by atoms with Gasteiger partial charge in [0, 0.05) is 17.6 Å². The number of benzene rings is 2. The minimum atomic E-state index is -0.295. The second-order valence-corrected chi connectivity index (χ2v) is 5.83. The summed E-state index contributed by atoms with van der Waals surface area (Å²) in [5, 5.41) is 3.66. The molecule has 3 N–H and O–H groups in total. The Hall–Kier alpha value is -1.55. The quantitative estimate of drug-likeness (QED) is 0.831. The van der Waals surface area contributed by atoms with Crippen molar-refractivity contribution in [1.29, 1.82) is 0 Å². The monoisotopic (exact) mass is 352 g/mol. The van der Waals surface area contributed by atoms with E-state index >= 15 is 0 Å². The average Bonchev–Trinajstić information content (AvgIpc) is 2.56. The Bertz CT molecular complexity index is 602. The summed E-state index contributed by atoms with van der Waals surface area (Å²) in [5.41, 5.74) is 8.28. The van der Waals surface area contributed by atoms with Crippen LogP contribution in [-0.4, -0.2) is 12.5 Å². The molecule has 0 aliphatic heterocycles. The average molecular weight is 353 g/mol. The fourth-order valence-electron chi connectivity index (χ4n) is 2.27. The molecule has 0 saturated carbocycles. The van der Waals surface area contributed by atoms with Crippen molar-refractivity contribution < 1.29 is 4.79 Å². The second-order valence-electron chi connectivity index (χ2n) is 5.39. The van der Waals surface area contributed by atoms with Gasteiger partial charge in [-0.25, -0.2) is 0 Å². The highest BCUT2D eigenvalue weighted by Gasteiger charge is 2.21. The molecule has 2 unspecified atom stereocenters. The van der Waals surface area contributed by atoms with Crippen molar-refractivity contribution in [2.24, 2.45) is 11.7 Å². The molecule has 2 aromatic rings. The van der Waals surface area contributed by atoms with Gasteiger partial charge < -0.3 is 11.1 Å². The maximum absolute atomic E-state index is 12.2. The van der Waals surface area contributed by atoms with Gasteiger partial charge in [-0.3, -0.25) is 4.79 Å². The zero-order chi connectivity index (χ0) is 15.9. The Morgan fingerprint density at radius 2 is 1.74 bits per heavy atom. The lowest BCUT2D eigenvalue weighted by Crippen LogP contribution is -2.36. The predicted octanol–water partition coefficient (Wildman–Crippen LogP) is 3.76. The summed E-state index contributed by atoms with van der Waals surface area (Å²) in [7, 11) is 0. The van der Waals surface area contributed by atoms with E-state index in [0.29, 0.717) is 6.54 Å². The molecule has 3 nitrogen and oxygen atoms in total. The number of nitrogens with one attached hydrogen (secondary N) is 1. The number of hydrogen-bond acceptors (Lipinski definition) is 2. The Balaban J connectivity index is 0.00000264. The van der Waals surface area contributed by atoms with E-state index in [1.807, 2.05) is 61.5 Å². The van der Waals surface area contributed by atoms with Gasteiger partial charge in [0.25, 0.3) is 0 Å². The summed E-state index contributed by atoms with van der Waals surface area (Å²) in [4.78, 5) is 12.2. The highest BCUT2D eigenvalue weighted by Crippen LogP contribution is 2.19. The topological polar surface area (TPSA) is 55.1 Å². The van der Waals surface area contributed by atoms with Crippen LogP contribution in [0.4, 0.5) is 0 Å². The van der Waals surface area contributed by atoms with Crippen molar-refractivity contribution in [1.82, 2.24) is 5.32 Å². The second kappa shape index (κ2) is 9.56. The Kier molecular flexibility index (Phi) is 8.10. The molecule has 0 aliphatic rings. The van der Waals surface area contributed by atoms with Crippen LogP contribution in [0.5, 0.6) is 0 Å². The number of hydrogen-bond donors (Lipinski definition) is 2. The van der Waals surface area contributed by atoms with Gasteiger partial charge in [-0.1, -0.05) is 61.0 Å². The fourth-order valence-corrected chi connectivity index (χ4v) is 2.40. The molecule has 23 heavy (non-hydrogen) atoms. The highest BCUT2D eigenvalue weighted by atomic mass is 35.5. The first kappa shape index (κ1) is 19.5. The SMILES string of the molecule is CC(C(=O)NCCc1ccc(Cl)cc1)C(N)c1ccccc1.Cl. The lowest BCUT2D eigenvalue weighted by Gasteiger charge is -2.19. The van der Waals surface area contributed by atoms with Gasteiger partial charge >= 0.3 is 0 Å². The van der Waals surface area contributed by atoms with Crippen molar-refractivity contribution >= 4 is 29.9 Å². The smallest absolute Gasteiger partial charge is 0.224 e.